The molecule has 0 aliphatic heterocycles. The lowest BCUT2D eigenvalue weighted by Gasteiger charge is -2.27. The van der Waals surface area contributed by atoms with Gasteiger partial charge >= 0.3 is 0 Å². The first-order chi connectivity index (χ1) is 8.30. The van der Waals surface area contributed by atoms with Crippen molar-refractivity contribution >= 4 is 0 Å². The summed E-state index contributed by atoms with van der Waals surface area (Å²) in [5.41, 5.74) is 3.88. The van der Waals surface area contributed by atoms with Crippen LogP contribution in [-0.4, -0.2) is 0 Å². The summed E-state index contributed by atoms with van der Waals surface area (Å²) in [5.74, 6) is 0.875. The van der Waals surface area contributed by atoms with Crippen molar-refractivity contribution in [3.8, 4) is 0 Å². The topological polar surface area (TPSA) is 0 Å². The molecule has 0 unspecified atom stereocenters. The van der Waals surface area contributed by atoms with Gasteiger partial charge in [-0.2, -0.15) is 0 Å². The summed E-state index contributed by atoms with van der Waals surface area (Å²) in [6, 6.07) is 22.1. The van der Waals surface area contributed by atoms with Gasteiger partial charge in [-0.1, -0.05) is 67.6 Å². The zero-order valence-corrected chi connectivity index (χ0v) is 10.1. The molecule has 0 amide bonds. The lowest BCUT2D eigenvalue weighted by atomic mass is 9.76. The number of hydrogen-bond donors (Lipinski definition) is 0. The molecule has 0 heteroatoms. The standard InChI is InChI=1S/C17H16/c1-16-12-15(16)17(16,13-8-4-2-5-9-13)14-10-6-3-7-11-14/h2-11,15H,12H2,1H3/t15-,16+/m1/s1. The minimum Gasteiger partial charge on any atom is -0.0622 e. The van der Waals surface area contributed by atoms with Crippen LogP contribution in [0.5, 0.6) is 0 Å². The van der Waals surface area contributed by atoms with Gasteiger partial charge in [-0.15, -0.1) is 0 Å². The summed E-state index contributed by atoms with van der Waals surface area (Å²) in [7, 11) is 0. The number of rotatable bonds is 2. The molecule has 2 fully saturated rings. The quantitative estimate of drug-likeness (QED) is 0.717. The second-order valence-electron chi connectivity index (χ2n) is 5.71. The lowest BCUT2D eigenvalue weighted by molar-refractivity contribution is 0.507. The largest absolute Gasteiger partial charge is 0.0622 e. The molecular formula is C17H16. The molecule has 0 bridgehead atoms. The van der Waals surface area contributed by atoms with E-state index >= 15 is 0 Å². The van der Waals surface area contributed by atoms with E-state index in [0.717, 1.165) is 5.92 Å². The summed E-state index contributed by atoms with van der Waals surface area (Å²) < 4.78 is 0. The third-order valence-corrected chi connectivity index (χ3v) is 5.04. The average Bonchev–Trinajstić information content (AvgIpc) is 3.20. The van der Waals surface area contributed by atoms with Gasteiger partial charge in [0, 0.05) is 5.41 Å². The molecule has 2 atom stereocenters. The molecule has 2 aromatic carbocycles. The monoisotopic (exact) mass is 220 g/mol. The van der Waals surface area contributed by atoms with Gasteiger partial charge in [-0.25, -0.2) is 0 Å². The highest BCUT2D eigenvalue weighted by molar-refractivity contribution is 5.59. The highest BCUT2D eigenvalue weighted by Crippen LogP contribution is 2.89. The molecule has 0 heterocycles. The van der Waals surface area contributed by atoms with Crippen molar-refractivity contribution in [1.82, 2.24) is 0 Å². The van der Waals surface area contributed by atoms with E-state index in [0.29, 0.717) is 10.8 Å². The zero-order chi connectivity index (χ0) is 11.5. The van der Waals surface area contributed by atoms with Crippen LogP contribution < -0.4 is 0 Å². The maximum Gasteiger partial charge on any atom is 0.0293 e. The fraction of sp³-hybridized carbons (Fsp3) is 0.294. The van der Waals surface area contributed by atoms with Gasteiger partial charge in [0.25, 0.3) is 0 Å². The van der Waals surface area contributed by atoms with Gasteiger partial charge < -0.3 is 0 Å². The molecule has 17 heavy (non-hydrogen) atoms. The van der Waals surface area contributed by atoms with Gasteiger partial charge in [-0.3, -0.25) is 0 Å². The van der Waals surface area contributed by atoms with Crippen LogP contribution >= 0.6 is 0 Å². The van der Waals surface area contributed by atoms with Crippen LogP contribution in [-0.2, 0) is 5.41 Å². The van der Waals surface area contributed by atoms with Crippen molar-refractivity contribution in [3.05, 3.63) is 71.8 Å². The summed E-state index contributed by atoms with van der Waals surface area (Å²) in [6.07, 6.45) is 1.40. The molecular weight excluding hydrogens is 204 g/mol. The molecule has 84 valence electrons. The Kier molecular flexibility index (Phi) is 1.57. The van der Waals surface area contributed by atoms with E-state index in [1.807, 2.05) is 0 Å². The third kappa shape index (κ3) is 0.952. The van der Waals surface area contributed by atoms with Crippen molar-refractivity contribution in [3.63, 3.8) is 0 Å². The van der Waals surface area contributed by atoms with E-state index in [9.17, 15) is 0 Å². The lowest BCUT2D eigenvalue weighted by Crippen LogP contribution is -2.22. The summed E-state index contributed by atoms with van der Waals surface area (Å²) in [6.45, 7) is 2.44. The van der Waals surface area contributed by atoms with E-state index in [1.54, 1.807) is 0 Å². The minimum atomic E-state index is 0.329. The van der Waals surface area contributed by atoms with Crippen molar-refractivity contribution in [2.45, 2.75) is 18.8 Å². The van der Waals surface area contributed by atoms with E-state index in [4.69, 9.17) is 0 Å². The van der Waals surface area contributed by atoms with Crippen LogP contribution in [0.2, 0.25) is 0 Å². The molecule has 4 rings (SSSR count). The van der Waals surface area contributed by atoms with Gasteiger partial charge in [0.1, 0.15) is 0 Å². The summed E-state index contributed by atoms with van der Waals surface area (Å²) in [5, 5.41) is 0. The Morgan fingerprint density at radius 1 is 0.824 bits per heavy atom. The molecule has 0 aromatic heterocycles. The first-order valence-corrected chi connectivity index (χ1v) is 6.41. The number of hydrogen-bond acceptors (Lipinski definition) is 0. The Morgan fingerprint density at radius 3 is 1.53 bits per heavy atom. The van der Waals surface area contributed by atoms with Crippen LogP contribution in [0.1, 0.15) is 24.5 Å². The van der Waals surface area contributed by atoms with Crippen molar-refractivity contribution in [2.24, 2.45) is 11.3 Å². The Bertz CT molecular complexity index is 516. The average molecular weight is 220 g/mol. The maximum absolute atomic E-state index is 2.44. The molecule has 2 aliphatic rings. The van der Waals surface area contributed by atoms with Crippen LogP contribution in [0.15, 0.2) is 60.7 Å². The SMILES string of the molecule is C[C@]12C[C@H]1C2(c1ccccc1)c1ccccc1. The Hall–Kier alpha value is -1.56. The molecule has 0 nitrogen and oxygen atoms in total. The van der Waals surface area contributed by atoms with Crippen molar-refractivity contribution in [1.29, 1.82) is 0 Å². The number of benzene rings is 2. The zero-order valence-electron chi connectivity index (χ0n) is 10.1. The second kappa shape index (κ2) is 2.81. The third-order valence-electron chi connectivity index (χ3n) is 5.04. The van der Waals surface area contributed by atoms with Crippen LogP contribution in [0.3, 0.4) is 0 Å². The predicted octanol–water partition coefficient (Wildman–Crippen LogP) is 4.01. The first-order valence-electron chi connectivity index (χ1n) is 6.41. The van der Waals surface area contributed by atoms with Crippen LogP contribution in [0.4, 0.5) is 0 Å². The molecule has 2 aromatic rings. The van der Waals surface area contributed by atoms with Crippen LogP contribution in [0, 0.1) is 11.3 Å². The summed E-state index contributed by atoms with van der Waals surface area (Å²) in [4.78, 5) is 0. The molecule has 0 N–H and O–H groups in total. The molecule has 0 spiro atoms. The fourth-order valence-corrected chi connectivity index (χ4v) is 3.96. The van der Waals surface area contributed by atoms with E-state index < -0.39 is 0 Å². The molecule has 2 saturated carbocycles. The van der Waals surface area contributed by atoms with E-state index in [2.05, 4.69) is 67.6 Å². The van der Waals surface area contributed by atoms with E-state index in [1.165, 1.54) is 17.5 Å². The molecule has 2 aliphatic carbocycles. The Morgan fingerprint density at radius 2 is 1.24 bits per heavy atom. The Balaban J connectivity index is 1.90. The molecule has 0 saturated heterocycles. The first kappa shape index (κ1) is 9.47. The highest BCUT2D eigenvalue weighted by Gasteiger charge is 2.86. The van der Waals surface area contributed by atoms with E-state index in [-0.39, 0.29) is 0 Å². The minimum absolute atomic E-state index is 0.329. The normalized spacial score (nSPS) is 31.7. The Labute approximate surface area is 102 Å². The fourth-order valence-electron chi connectivity index (χ4n) is 3.96. The van der Waals surface area contributed by atoms with Gasteiger partial charge in [0.15, 0.2) is 0 Å². The number of fused-ring (bicyclic) bond motifs is 1. The summed E-state index contributed by atoms with van der Waals surface area (Å²) >= 11 is 0. The second-order valence-corrected chi connectivity index (χ2v) is 5.71. The predicted molar refractivity (Wildman–Crippen MR) is 69.9 cm³/mol. The smallest absolute Gasteiger partial charge is 0.0293 e. The highest BCUT2D eigenvalue weighted by atomic mass is 14.9. The van der Waals surface area contributed by atoms with Gasteiger partial charge in [-0.05, 0) is 28.9 Å². The maximum atomic E-state index is 2.44. The van der Waals surface area contributed by atoms with Gasteiger partial charge in [0.2, 0.25) is 0 Å². The van der Waals surface area contributed by atoms with Crippen molar-refractivity contribution in [2.75, 3.05) is 0 Å². The molecule has 0 radical (unpaired) electrons. The van der Waals surface area contributed by atoms with Gasteiger partial charge in [0.05, 0.1) is 0 Å². The van der Waals surface area contributed by atoms with Crippen LogP contribution in [0.25, 0.3) is 0 Å². The van der Waals surface area contributed by atoms with Crippen molar-refractivity contribution < 1.29 is 0 Å².